The third-order valence-electron chi connectivity index (χ3n) is 7.65. The van der Waals surface area contributed by atoms with E-state index in [-0.39, 0.29) is 17.2 Å². The van der Waals surface area contributed by atoms with Crippen molar-refractivity contribution in [2.45, 2.75) is 65.2 Å². The zero-order chi connectivity index (χ0) is 29.8. The zero-order valence-electron chi connectivity index (χ0n) is 23.9. The molecule has 2 aromatic heterocycles. The van der Waals surface area contributed by atoms with Crippen molar-refractivity contribution in [3.05, 3.63) is 77.3 Å². The van der Waals surface area contributed by atoms with Gasteiger partial charge < -0.3 is 4.74 Å². The molecule has 0 radical (unpaired) electrons. The number of hydrogen-bond donors (Lipinski definition) is 1. The summed E-state index contributed by atoms with van der Waals surface area (Å²) in [6, 6.07) is 7.46. The highest BCUT2D eigenvalue weighted by atomic mass is 32.1. The summed E-state index contributed by atoms with van der Waals surface area (Å²) < 4.78 is 37.2. The number of aromatic nitrogens is 3. The fourth-order valence-corrected chi connectivity index (χ4v) is 6.44. The van der Waals surface area contributed by atoms with Crippen molar-refractivity contribution < 1.29 is 18.3 Å². The van der Waals surface area contributed by atoms with E-state index >= 15 is 8.78 Å². The normalized spacial score (nSPS) is 17.1. The predicted octanol–water partition coefficient (Wildman–Crippen LogP) is 8.26. The van der Waals surface area contributed by atoms with Gasteiger partial charge in [0.05, 0.1) is 22.2 Å². The number of aryl methyl sites for hydroxylation is 2. The van der Waals surface area contributed by atoms with Crippen LogP contribution in [0.5, 0.6) is 5.75 Å². The number of fused-ring (bicyclic) bond motifs is 1. The van der Waals surface area contributed by atoms with Crippen LogP contribution in [0.25, 0.3) is 21.5 Å². The monoisotopic (exact) mass is 589 g/mol. The van der Waals surface area contributed by atoms with Crippen molar-refractivity contribution in [1.29, 1.82) is 0 Å². The number of esters is 1. The predicted molar refractivity (Wildman–Crippen MR) is 163 cm³/mol. The molecular weight excluding hydrogens is 556 g/mol. The topological polar surface area (TPSA) is 89.4 Å². The molecule has 1 N–H and O–H groups in total. The number of ether oxygens (including phenoxy) is 1. The Morgan fingerprint density at radius 3 is 2.55 bits per heavy atom. The van der Waals surface area contributed by atoms with Crippen LogP contribution in [-0.2, 0) is 4.79 Å². The Bertz CT molecular complexity index is 1640. The highest BCUT2D eigenvalue weighted by Crippen LogP contribution is 2.40. The van der Waals surface area contributed by atoms with Crippen molar-refractivity contribution in [2.75, 3.05) is 5.43 Å². The van der Waals surface area contributed by atoms with Gasteiger partial charge in [-0.3, -0.25) is 5.43 Å². The van der Waals surface area contributed by atoms with Gasteiger partial charge in [0.15, 0.2) is 5.65 Å². The van der Waals surface area contributed by atoms with E-state index in [1.165, 1.54) is 54.3 Å². The molecule has 1 saturated carbocycles. The lowest BCUT2D eigenvalue weighted by atomic mass is 9.77. The number of anilines is 1. The van der Waals surface area contributed by atoms with E-state index < -0.39 is 17.6 Å². The third kappa shape index (κ3) is 6.54. The summed E-state index contributed by atoms with van der Waals surface area (Å²) in [6.07, 6.45) is 8.89. The molecule has 5 rings (SSSR count). The van der Waals surface area contributed by atoms with Crippen LogP contribution in [0.4, 0.5) is 13.9 Å². The molecule has 0 aliphatic heterocycles. The molecule has 0 unspecified atom stereocenters. The molecular formula is C32H33F2N5O2S. The first-order valence-electron chi connectivity index (χ1n) is 14.1. The van der Waals surface area contributed by atoms with Gasteiger partial charge in [-0.2, -0.15) is 10.1 Å². The highest BCUT2D eigenvalue weighted by molar-refractivity contribution is 7.22. The largest absolute Gasteiger partial charge is 0.423 e. The van der Waals surface area contributed by atoms with Gasteiger partial charge >= 0.3 is 5.97 Å². The lowest BCUT2D eigenvalue weighted by Gasteiger charge is -2.29. The van der Waals surface area contributed by atoms with Crippen LogP contribution in [0.15, 0.2) is 48.1 Å². The first kappa shape index (κ1) is 29.4. The molecule has 2 heterocycles. The highest BCUT2D eigenvalue weighted by Gasteiger charge is 2.24. The number of halogens is 2. The SMILES string of the molecule is C=CC(=O)Oc1ccc(-c2c(F)cc(C3CCC(CCC)CC3)cc2F)cc1/C=N/Nc1nc2nc(C)nc(C)c2s1. The summed E-state index contributed by atoms with van der Waals surface area (Å²) in [7, 11) is 0. The van der Waals surface area contributed by atoms with E-state index in [4.69, 9.17) is 4.74 Å². The summed E-state index contributed by atoms with van der Waals surface area (Å²) in [6.45, 7) is 9.31. The number of carbonyl (C=O) groups is 1. The van der Waals surface area contributed by atoms with Crippen LogP contribution in [0, 0.1) is 31.4 Å². The molecule has 0 amide bonds. The second kappa shape index (κ2) is 12.9. The third-order valence-corrected chi connectivity index (χ3v) is 8.71. The average molecular weight is 590 g/mol. The van der Waals surface area contributed by atoms with Crippen molar-refractivity contribution >= 4 is 39.0 Å². The Labute approximate surface area is 247 Å². The second-order valence-electron chi connectivity index (χ2n) is 10.6. The molecule has 0 saturated heterocycles. The van der Waals surface area contributed by atoms with Crippen molar-refractivity contribution in [3.8, 4) is 16.9 Å². The number of nitrogens with zero attached hydrogens (tertiary/aromatic N) is 4. The van der Waals surface area contributed by atoms with E-state index in [0.29, 0.717) is 39.2 Å². The Morgan fingerprint density at radius 1 is 1.12 bits per heavy atom. The number of carbonyl (C=O) groups excluding carboxylic acids is 1. The maximum Gasteiger partial charge on any atom is 0.335 e. The fourth-order valence-electron chi connectivity index (χ4n) is 5.64. The molecule has 1 fully saturated rings. The Morgan fingerprint density at radius 2 is 1.86 bits per heavy atom. The van der Waals surface area contributed by atoms with Crippen LogP contribution in [0.2, 0.25) is 0 Å². The maximum atomic E-state index is 15.5. The number of rotatable bonds is 9. The minimum absolute atomic E-state index is 0.141. The van der Waals surface area contributed by atoms with Crippen LogP contribution < -0.4 is 10.2 Å². The molecule has 2 aromatic carbocycles. The van der Waals surface area contributed by atoms with Crippen molar-refractivity contribution in [3.63, 3.8) is 0 Å². The molecule has 218 valence electrons. The molecule has 1 aliphatic carbocycles. The van der Waals surface area contributed by atoms with Crippen LogP contribution in [0.1, 0.15) is 74.0 Å². The van der Waals surface area contributed by atoms with Crippen molar-refractivity contribution in [1.82, 2.24) is 15.0 Å². The lowest BCUT2D eigenvalue weighted by molar-refractivity contribution is -0.128. The summed E-state index contributed by atoms with van der Waals surface area (Å²) in [4.78, 5) is 25.1. The van der Waals surface area contributed by atoms with Crippen LogP contribution in [0.3, 0.4) is 0 Å². The zero-order valence-corrected chi connectivity index (χ0v) is 24.7. The summed E-state index contributed by atoms with van der Waals surface area (Å²) in [5, 5.41) is 4.73. The van der Waals surface area contributed by atoms with E-state index in [1.54, 1.807) is 6.92 Å². The Hall–Kier alpha value is -4.05. The van der Waals surface area contributed by atoms with Gasteiger partial charge in [-0.25, -0.2) is 23.5 Å². The molecule has 0 spiro atoms. The van der Waals surface area contributed by atoms with Gasteiger partial charge in [0.1, 0.15) is 23.2 Å². The number of hydrogen-bond acceptors (Lipinski definition) is 8. The standard InChI is InChI=1S/C32H33F2N5O2S/c1-5-7-20-8-10-21(11-9-20)23-15-25(33)29(26(34)16-23)22-12-13-27(41-28(40)6-2)24(14-22)17-35-39-32-38-31-30(42-32)18(3)36-19(4)37-31/h6,12-17,20-21H,2,5,7-11H2,1,3-4H3,(H,36,37,38,39)/b35-17+. The van der Waals surface area contributed by atoms with Crippen LogP contribution in [-0.4, -0.2) is 27.1 Å². The van der Waals surface area contributed by atoms with Gasteiger partial charge in [-0.05, 0) is 86.8 Å². The minimum Gasteiger partial charge on any atom is -0.423 e. The van der Waals surface area contributed by atoms with Crippen molar-refractivity contribution in [2.24, 2.45) is 11.0 Å². The molecule has 0 atom stereocenters. The fraction of sp³-hybridized carbons (Fsp3) is 0.344. The van der Waals surface area contributed by atoms with Gasteiger partial charge in [-0.1, -0.05) is 43.7 Å². The first-order chi connectivity index (χ1) is 20.2. The van der Waals surface area contributed by atoms with Crippen LogP contribution >= 0.6 is 11.3 Å². The molecule has 10 heteroatoms. The Balaban J connectivity index is 1.41. The van der Waals surface area contributed by atoms with E-state index in [2.05, 4.69) is 39.0 Å². The average Bonchev–Trinajstić information content (AvgIpc) is 3.37. The van der Waals surface area contributed by atoms with E-state index in [9.17, 15) is 4.79 Å². The maximum absolute atomic E-state index is 15.5. The smallest absolute Gasteiger partial charge is 0.335 e. The molecule has 0 bridgehead atoms. The lowest BCUT2D eigenvalue weighted by Crippen LogP contribution is -2.13. The summed E-state index contributed by atoms with van der Waals surface area (Å²) in [5.74, 6) is -0.268. The summed E-state index contributed by atoms with van der Waals surface area (Å²) in [5.41, 5.74) is 5.44. The van der Waals surface area contributed by atoms with E-state index in [1.807, 2.05) is 6.92 Å². The molecule has 42 heavy (non-hydrogen) atoms. The molecule has 4 aromatic rings. The van der Waals surface area contributed by atoms with Gasteiger partial charge in [0.25, 0.3) is 0 Å². The summed E-state index contributed by atoms with van der Waals surface area (Å²) >= 11 is 1.35. The molecule has 1 aliphatic rings. The second-order valence-corrected chi connectivity index (χ2v) is 11.6. The Kier molecular flexibility index (Phi) is 9.01. The minimum atomic E-state index is -0.670. The number of hydrazone groups is 1. The van der Waals surface area contributed by atoms with E-state index in [0.717, 1.165) is 48.6 Å². The number of benzene rings is 2. The first-order valence-corrected chi connectivity index (χ1v) is 15.0. The molecule has 7 nitrogen and oxygen atoms in total. The van der Waals surface area contributed by atoms with Gasteiger partial charge in [-0.15, -0.1) is 0 Å². The van der Waals surface area contributed by atoms with Gasteiger partial charge in [0, 0.05) is 11.6 Å². The quantitative estimate of drug-likeness (QED) is 0.0695. The van der Waals surface area contributed by atoms with Gasteiger partial charge in [0.2, 0.25) is 5.13 Å². The number of thiazole rings is 1. The number of nitrogens with one attached hydrogen (secondary N) is 1.